The lowest BCUT2D eigenvalue weighted by atomic mass is 10.2. The second-order valence-corrected chi connectivity index (χ2v) is 3.91. The van der Waals surface area contributed by atoms with Gasteiger partial charge in [-0.3, -0.25) is 0 Å². The first-order valence-electron chi connectivity index (χ1n) is 4.26. The van der Waals surface area contributed by atoms with Crippen molar-refractivity contribution in [2.75, 3.05) is 18.6 Å². The molecule has 0 aliphatic carbocycles. The third-order valence-electron chi connectivity index (χ3n) is 1.53. The molecule has 0 radical (unpaired) electrons. The van der Waals surface area contributed by atoms with Gasteiger partial charge in [-0.15, -0.1) is 0 Å². The van der Waals surface area contributed by atoms with Crippen molar-refractivity contribution >= 4 is 23.8 Å². The first-order chi connectivity index (χ1) is 6.61. The number of carboxylic acids is 1. The van der Waals surface area contributed by atoms with Crippen molar-refractivity contribution in [1.29, 1.82) is 0 Å². The van der Waals surface area contributed by atoms with E-state index in [0.717, 1.165) is 5.75 Å². The predicted molar refractivity (Wildman–Crippen MR) is 54.6 cm³/mol. The Labute approximate surface area is 87.2 Å². The van der Waals surface area contributed by atoms with Gasteiger partial charge in [0.2, 0.25) is 0 Å². The number of hydrogen-bond donors (Lipinski definition) is 2. The van der Waals surface area contributed by atoms with E-state index in [2.05, 4.69) is 10.1 Å². The lowest BCUT2D eigenvalue weighted by molar-refractivity contribution is -0.139. The summed E-state index contributed by atoms with van der Waals surface area (Å²) >= 11 is 1.63. The quantitative estimate of drug-likeness (QED) is 0.653. The van der Waals surface area contributed by atoms with Crippen LogP contribution in [-0.2, 0) is 9.53 Å². The zero-order valence-corrected chi connectivity index (χ0v) is 9.10. The highest BCUT2D eigenvalue weighted by Crippen LogP contribution is 2.04. The number of hydrogen-bond acceptors (Lipinski definition) is 4. The van der Waals surface area contributed by atoms with Crippen molar-refractivity contribution in [2.45, 2.75) is 19.4 Å². The summed E-state index contributed by atoms with van der Waals surface area (Å²) in [6, 6.07) is -0.860. The monoisotopic (exact) mass is 221 g/mol. The van der Waals surface area contributed by atoms with Crippen LogP contribution >= 0.6 is 11.8 Å². The first kappa shape index (κ1) is 13.1. The van der Waals surface area contributed by atoms with Gasteiger partial charge < -0.3 is 15.2 Å². The Bertz CT molecular complexity index is 198. The lowest BCUT2D eigenvalue weighted by Crippen LogP contribution is -2.41. The van der Waals surface area contributed by atoms with Crippen LogP contribution in [0.4, 0.5) is 4.79 Å². The molecule has 14 heavy (non-hydrogen) atoms. The second-order valence-electron chi connectivity index (χ2n) is 2.51. The molecule has 0 fully saturated rings. The Kier molecular flexibility index (Phi) is 7.00. The maximum absolute atomic E-state index is 10.8. The van der Waals surface area contributed by atoms with Gasteiger partial charge in [-0.25, -0.2) is 9.59 Å². The molecule has 6 heteroatoms. The number of amides is 1. The number of alkyl carbamates (subject to hydrolysis) is 1. The predicted octanol–water partition coefficient (Wildman–Crippen LogP) is 0.939. The van der Waals surface area contributed by atoms with Crippen molar-refractivity contribution in [2.24, 2.45) is 0 Å². The van der Waals surface area contributed by atoms with E-state index in [4.69, 9.17) is 5.11 Å². The van der Waals surface area contributed by atoms with E-state index in [1.807, 2.05) is 6.92 Å². The molecule has 0 heterocycles. The summed E-state index contributed by atoms with van der Waals surface area (Å²) in [4.78, 5) is 21.4. The molecule has 1 amide bonds. The molecule has 0 rings (SSSR count). The van der Waals surface area contributed by atoms with E-state index in [-0.39, 0.29) is 0 Å². The Hall–Kier alpha value is -0.910. The number of thioether (sulfide) groups is 1. The van der Waals surface area contributed by atoms with Crippen molar-refractivity contribution in [3.8, 4) is 0 Å². The van der Waals surface area contributed by atoms with E-state index in [0.29, 0.717) is 12.2 Å². The van der Waals surface area contributed by atoms with Crippen molar-refractivity contribution < 1.29 is 19.4 Å². The van der Waals surface area contributed by atoms with Gasteiger partial charge in [0.15, 0.2) is 0 Å². The maximum atomic E-state index is 10.8. The SMILES string of the molecule is CCSCC[C@H](NC(=O)OC)C(=O)O. The van der Waals surface area contributed by atoms with E-state index < -0.39 is 18.1 Å². The van der Waals surface area contributed by atoms with Crippen LogP contribution in [0.15, 0.2) is 0 Å². The molecule has 82 valence electrons. The Morgan fingerprint density at radius 2 is 2.21 bits per heavy atom. The maximum Gasteiger partial charge on any atom is 0.407 e. The fourth-order valence-corrected chi connectivity index (χ4v) is 1.50. The molecule has 0 bridgehead atoms. The Balaban J connectivity index is 3.90. The van der Waals surface area contributed by atoms with Crippen molar-refractivity contribution in [3.63, 3.8) is 0 Å². The molecule has 1 atom stereocenters. The summed E-state index contributed by atoms with van der Waals surface area (Å²) in [5.74, 6) is 0.606. The Morgan fingerprint density at radius 3 is 2.64 bits per heavy atom. The van der Waals surface area contributed by atoms with Gasteiger partial charge in [0.05, 0.1) is 7.11 Å². The highest BCUT2D eigenvalue weighted by molar-refractivity contribution is 7.99. The van der Waals surface area contributed by atoms with Gasteiger partial charge in [0.25, 0.3) is 0 Å². The van der Waals surface area contributed by atoms with Crippen LogP contribution in [0, 0.1) is 0 Å². The average molecular weight is 221 g/mol. The third-order valence-corrected chi connectivity index (χ3v) is 2.46. The standard InChI is InChI=1S/C8H15NO4S/c1-3-14-5-4-6(7(10)11)9-8(12)13-2/h6H,3-5H2,1-2H3,(H,9,12)(H,10,11)/t6-/m0/s1. The molecule has 0 aromatic rings. The van der Waals surface area contributed by atoms with Gasteiger partial charge in [-0.2, -0.15) is 11.8 Å². The van der Waals surface area contributed by atoms with Gasteiger partial charge in [0, 0.05) is 0 Å². The summed E-state index contributed by atoms with van der Waals surface area (Å²) in [5.41, 5.74) is 0. The van der Waals surface area contributed by atoms with E-state index in [1.54, 1.807) is 11.8 Å². The number of methoxy groups -OCH3 is 1. The summed E-state index contributed by atoms with van der Waals surface area (Å²) < 4.78 is 4.32. The minimum absolute atomic E-state index is 0.406. The molecule has 5 nitrogen and oxygen atoms in total. The van der Waals surface area contributed by atoms with Gasteiger partial charge >= 0.3 is 12.1 Å². The number of aliphatic carboxylic acids is 1. The second kappa shape index (κ2) is 7.49. The smallest absolute Gasteiger partial charge is 0.407 e. The van der Waals surface area contributed by atoms with Crippen LogP contribution in [-0.4, -0.2) is 41.8 Å². The molecule has 0 aliphatic rings. The first-order valence-corrected chi connectivity index (χ1v) is 5.42. The number of nitrogens with one attached hydrogen (secondary N) is 1. The van der Waals surface area contributed by atoms with Crippen LogP contribution in [0.2, 0.25) is 0 Å². The lowest BCUT2D eigenvalue weighted by Gasteiger charge is -2.12. The van der Waals surface area contributed by atoms with Crippen LogP contribution in [0.3, 0.4) is 0 Å². The molecule has 0 saturated heterocycles. The summed E-state index contributed by atoms with van der Waals surface area (Å²) in [6.45, 7) is 1.99. The number of carbonyl (C=O) groups is 2. The van der Waals surface area contributed by atoms with E-state index in [1.165, 1.54) is 7.11 Å². The molecule has 0 aromatic carbocycles. The van der Waals surface area contributed by atoms with E-state index in [9.17, 15) is 9.59 Å². The summed E-state index contributed by atoms with van der Waals surface area (Å²) in [6.07, 6.45) is -0.304. The molecule has 0 aromatic heterocycles. The van der Waals surface area contributed by atoms with E-state index >= 15 is 0 Å². The zero-order valence-electron chi connectivity index (χ0n) is 8.28. The molecular weight excluding hydrogens is 206 g/mol. The zero-order chi connectivity index (χ0) is 11.0. The number of rotatable bonds is 6. The van der Waals surface area contributed by atoms with Crippen LogP contribution in [0.25, 0.3) is 0 Å². The molecular formula is C8H15NO4S. The molecule has 0 aliphatic heterocycles. The van der Waals surface area contributed by atoms with Crippen molar-refractivity contribution in [1.82, 2.24) is 5.32 Å². The number of carboxylic acid groups (broad SMARTS) is 1. The van der Waals surface area contributed by atoms with Crippen LogP contribution < -0.4 is 5.32 Å². The highest BCUT2D eigenvalue weighted by Gasteiger charge is 2.19. The topological polar surface area (TPSA) is 75.6 Å². The summed E-state index contributed by atoms with van der Waals surface area (Å²) in [5, 5.41) is 11.0. The minimum Gasteiger partial charge on any atom is -0.480 e. The van der Waals surface area contributed by atoms with Crippen LogP contribution in [0.1, 0.15) is 13.3 Å². The van der Waals surface area contributed by atoms with Gasteiger partial charge in [-0.1, -0.05) is 6.92 Å². The van der Waals surface area contributed by atoms with Gasteiger partial charge in [-0.05, 0) is 17.9 Å². The largest absolute Gasteiger partial charge is 0.480 e. The van der Waals surface area contributed by atoms with Crippen LogP contribution in [0.5, 0.6) is 0 Å². The fourth-order valence-electron chi connectivity index (χ4n) is 0.804. The minimum atomic E-state index is -1.04. The number of carbonyl (C=O) groups excluding carboxylic acids is 1. The van der Waals surface area contributed by atoms with Crippen molar-refractivity contribution in [3.05, 3.63) is 0 Å². The fraction of sp³-hybridized carbons (Fsp3) is 0.750. The molecule has 0 saturated carbocycles. The molecule has 0 spiro atoms. The Morgan fingerprint density at radius 1 is 1.57 bits per heavy atom. The number of ether oxygens (including phenoxy) is 1. The summed E-state index contributed by atoms with van der Waals surface area (Å²) in [7, 11) is 1.20. The molecule has 2 N–H and O–H groups in total. The van der Waals surface area contributed by atoms with Gasteiger partial charge in [0.1, 0.15) is 6.04 Å². The molecule has 0 unspecified atom stereocenters. The average Bonchev–Trinajstić information content (AvgIpc) is 2.16. The highest BCUT2D eigenvalue weighted by atomic mass is 32.2. The normalized spacial score (nSPS) is 11.9. The third kappa shape index (κ3) is 5.69.